The van der Waals surface area contributed by atoms with Gasteiger partial charge in [-0.3, -0.25) is 10.2 Å². The number of methoxy groups -OCH3 is 1. The maximum Gasteiger partial charge on any atom is 0.250 e. The van der Waals surface area contributed by atoms with Gasteiger partial charge in [0.15, 0.2) is 0 Å². The number of ether oxygens (including phenoxy) is 1. The Kier molecular flexibility index (Phi) is 5.75. The van der Waals surface area contributed by atoms with E-state index in [1.807, 2.05) is 0 Å². The molecule has 1 unspecified atom stereocenters. The number of hydrogen-bond acceptors (Lipinski definition) is 8. The molecular weight excluding hydrogens is 452 g/mol. The SMILES string of the molecule is COc1ccc2sc(S(=O)(=O)NC3CCN(Cc4cc(C(=N)N)ccc4N)C3=O)cc2n1. The van der Waals surface area contributed by atoms with Gasteiger partial charge in [0.25, 0.3) is 10.0 Å². The van der Waals surface area contributed by atoms with Crippen LogP contribution in [0.15, 0.2) is 40.6 Å². The summed E-state index contributed by atoms with van der Waals surface area (Å²) < 4.78 is 34.2. The lowest BCUT2D eigenvalue weighted by Crippen LogP contribution is -2.41. The fourth-order valence-corrected chi connectivity index (χ4v) is 6.06. The Labute approximate surface area is 188 Å². The van der Waals surface area contributed by atoms with Crippen LogP contribution in [-0.2, 0) is 21.4 Å². The van der Waals surface area contributed by atoms with Gasteiger partial charge >= 0.3 is 0 Å². The Bertz CT molecular complexity index is 1320. The third kappa shape index (κ3) is 4.24. The van der Waals surface area contributed by atoms with Crippen molar-refractivity contribution >= 4 is 49.0 Å². The molecule has 168 valence electrons. The fourth-order valence-electron chi connectivity index (χ4n) is 3.50. The number of anilines is 1. The van der Waals surface area contributed by atoms with E-state index >= 15 is 0 Å². The zero-order valence-corrected chi connectivity index (χ0v) is 18.8. The minimum atomic E-state index is -3.91. The number of carbonyl (C=O) groups is 1. The molecule has 1 atom stereocenters. The number of rotatable bonds is 7. The molecule has 0 radical (unpaired) electrons. The predicted octanol–water partition coefficient (Wildman–Crippen LogP) is 1.25. The average molecular weight is 475 g/mol. The van der Waals surface area contributed by atoms with Crippen LogP contribution in [0.2, 0.25) is 0 Å². The van der Waals surface area contributed by atoms with Gasteiger partial charge in [0.2, 0.25) is 11.8 Å². The predicted molar refractivity (Wildman–Crippen MR) is 122 cm³/mol. The summed E-state index contributed by atoms with van der Waals surface area (Å²) in [5.74, 6) is -0.0378. The number of aromatic nitrogens is 1. The number of sulfonamides is 1. The number of hydrogen-bond donors (Lipinski definition) is 4. The first kappa shape index (κ1) is 22.0. The summed E-state index contributed by atoms with van der Waals surface area (Å²) in [6.07, 6.45) is 0.335. The van der Waals surface area contributed by atoms with Crippen LogP contribution < -0.4 is 20.9 Å². The van der Waals surface area contributed by atoms with Crippen LogP contribution in [0.4, 0.5) is 5.69 Å². The topological polar surface area (TPSA) is 164 Å². The van der Waals surface area contributed by atoms with Gasteiger partial charge in [-0.05, 0) is 42.3 Å². The van der Waals surface area contributed by atoms with E-state index in [9.17, 15) is 13.2 Å². The third-order valence-corrected chi connectivity index (χ3v) is 8.24. The van der Waals surface area contributed by atoms with Gasteiger partial charge in [-0.1, -0.05) is 0 Å². The zero-order valence-electron chi connectivity index (χ0n) is 17.2. The number of nitrogens with one attached hydrogen (secondary N) is 2. The first-order chi connectivity index (χ1) is 15.2. The molecular formula is C20H22N6O4S2. The molecule has 12 heteroatoms. The van der Waals surface area contributed by atoms with Crippen LogP contribution >= 0.6 is 11.3 Å². The molecule has 1 amide bonds. The Morgan fingerprint density at radius 2 is 2.12 bits per heavy atom. The minimum Gasteiger partial charge on any atom is -0.481 e. The maximum atomic E-state index is 12.9. The number of nitrogens with two attached hydrogens (primary N) is 2. The van der Waals surface area contributed by atoms with E-state index < -0.39 is 16.1 Å². The van der Waals surface area contributed by atoms with Gasteiger partial charge < -0.3 is 21.1 Å². The number of likely N-dealkylation sites (tertiary alicyclic amines) is 1. The number of nitrogen functional groups attached to an aromatic ring is 2. The van der Waals surface area contributed by atoms with Crippen LogP contribution in [0.1, 0.15) is 17.5 Å². The highest BCUT2D eigenvalue weighted by Crippen LogP contribution is 2.30. The molecule has 2 aromatic heterocycles. The van der Waals surface area contributed by atoms with Crippen molar-refractivity contribution in [2.75, 3.05) is 19.4 Å². The van der Waals surface area contributed by atoms with Crippen molar-refractivity contribution in [3.8, 4) is 5.88 Å². The number of thiophene rings is 1. The number of amidine groups is 1. The number of pyridine rings is 1. The van der Waals surface area contributed by atoms with E-state index in [0.717, 1.165) is 11.3 Å². The molecule has 0 spiro atoms. The summed E-state index contributed by atoms with van der Waals surface area (Å²) in [4.78, 5) is 18.7. The molecule has 3 aromatic rings. The highest BCUT2D eigenvalue weighted by atomic mass is 32.2. The Morgan fingerprint density at radius 3 is 2.84 bits per heavy atom. The summed E-state index contributed by atoms with van der Waals surface area (Å²) in [5.41, 5.74) is 13.7. The summed E-state index contributed by atoms with van der Waals surface area (Å²) in [5, 5.41) is 7.57. The van der Waals surface area contributed by atoms with Crippen LogP contribution in [-0.4, -0.2) is 49.7 Å². The van der Waals surface area contributed by atoms with E-state index in [1.54, 1.807) is 35.2 Å². The average Bonchev–Trinajstić information content (AvgIpc) is 3.33. The number of carbonyl (C=O) groups excluding carboxylic acids is 1. The molecule has 0 saturated carbocycles. The molecule has 1 aliphatic rings. The van der Waals surface area contributed by atoms with Gasteiger partial charge in [0.1, 0.15) is 16.1 Å². The lowest BCUT2D eigenvalue weighted by Gasteiger charge is -2.19. The van der Waals surface area contributed by atoms with Gasteiger partial charge in [0.05, 0.1) is 17.3 Å². The molecule has 3 heterocycles. The summed E-state index contributed by atoms with van der Waals surface area (Å²) in [7, 11) is -2.42. The molecule has 32 heavy (non-hydrogen) atoms. The quantitative estimate of drug-likeness (QED) is 0.227. The molecule has 1 aromatic carbocycles. The monoisotopic (exact) mass is 474 g/mol. The normalized spacial score (nSPS) is 16.6. The van der Waals surface area contributed by atoms with Gasteiger partial charge in [-0.15, -0.1) is 11.3 Å². The van der Waals surface area contributed by atoms with E-state index in [0.29, 0.717) is 45.9 Å². The van der Waals surface area contributed by atoms with E-state index in [4.69, 9.17) is 21.6 Å². The van der Waals surface area contributed by atoms with Gasteiger partial charge in [0, 0.05) is 30.4 Å². The standard InChI is InChI=1S/C20H22N6O4S2/c1-30-17-5-4-16-15(24-17)9-18(31-16)32(28,29)25-14-6-7-26(20(14)27)10-12-8-11(19(22)23)2-3-13(12)21/h2-5,8-9,14,25H,6-7,10,21H2,1H3,(H3,22,23). The number of nitrogens with zero attached hydrogens (tertiary/aromatic N) is 2. The molecule has 4 rings (SSSR count). The summed E-state index contributed by atoms with van der Waals surface area (Å²) >= 11 is 1.08. The Hall–Kier alpha value is -3.22. The number of fused-ring (bicyclic) bond motifs is 1. The highest BCUT2D eigenvalue weighted by molar-refractivity contribution is 7.91. The van der Waals surface area contributed by atoms with Crippen molar-refractivity contribution in [3.63, 3.8) is 0 Å². The van der Waals surface area contributed by atoms with Crippen LogP contribution in [0.25, 0.3) is 10.2 Å². The van der Waals surface area contributed by atoms with Crippen molar-refractivity contribution in [1.82, 2.24) is 14.6 Å². The number of benzene rings is 1. The van der Waals surface area contributed by atoms with E-state index in [2.05, 4.69) is 9.71 Å². The smallest absolute Gasteiger partial charge is 0.250 e. The van der Waals surface area contributed by atoms with E-state index in [-0.39, 0.29) is 22.5 Å². The van der Waals surface area contributed by atoms with Crippen LogP contribution in [0, 0.1) is 5.41 Å². The first-order valence-electron chi connectivity index (χ1n) is 9.66. The van der Waals surface area contributed by atoms with Crippen molar-refractivity contribution in [1.29, 1.82) is 5.41 Å². The van der Waals surface area contributed by atoms with Gasteiger partial charge in [-0.25, -0.2) is 13.4 Å². The molecule has 1 fully saturated rings. The lowest BCUT2D eigenvalue weighted by atomic mass is 10.1. The Balaban J connectivity index is 1.49. The first-order valence-corrected chi connectivity index (χ1v) is 12.0. The Morgan fingerprint density at radius 1 is 1.34 bits per heavy atom. The van der Waals surface area contributed by atoms with Crippen molar-refractivity contribution in [2.24, 2.45) is 5.73 Å². The highest BCUT2D eigenvalue weighted by Gasteiger charge is 2.35. The second-order valence-corrected chi connectivity index (χ2v) is 10.4. The third-order valence-electron chi connectivity index (χ3n) is 5.21. The summed E-state index contributed by atoms with van der Waals surface area (Å²) in [6, 6.07) is 8.94. The lowest BCUT2D eigenvalue weighted by molar-refractivity contribution is -0.129. The zero-order chi connectivity index (χ0) is 23.0. The molecule has 1 aliphatic heterocycles. The van der Waals surface area contributed by atoms with Crippen LogP contribution in [0.5, 0.6) is 5.88 Å². The molecule has 10 nitrogen and oxygen atoms in total. The molecule has 0 bridgehead atoms. The maximum absolute atomic E-state index is 12.9. The number of amides is 1. The second-order valence-electron chi connectivity index (χ2n) is 7.35. The molecule has 1 saturated heterocycles. The van der Waals surface area contributed by atoms with E-state index in [1.165, 1.54) is 13.2 Å². The van der Waals surface area contributed by atoms with Crippen molar-refractivity contribution < 1.29 is 17.9 Å². The van der Waals surface area contributed by atoms with Gasteiger partial charge in [-0.2, -0.15) is 4.72 Å². The fraction of sp³-hybridized carbons (Fsp3) is 0.250. The summed E-state index contributed by atoms with van der Waals surface area (Å²) in [6.45, 7) is 0.581. The molecule has 0 aliphatic carbocycles. The van der Waals surface area contributed by atoms with Crippen LogP contribution in [0.3, 0.4) is 0 Å². The minimum absolute atomic E-state index is 0.0814. The van der Waals surface area contributed by atoms with Crippen molar-refractivity contribution in [2.45, 2.75) is 23.2 Å². The largest absolute Gasteiger partial charge is 0.481 e. The second kappa shape index (κ2) is 8.37. The molecule has 6 N–H and O–H groups in total. The van der Waals surface area contributed by atoms with Crippen molar-refractivity contribution in [3.05, 3.63) is 47.5 Å².